The number of hydrogen-bond acceptors (Lipinski definition) is 7. The fourth-order valence-electron chi connectivity index (χ4n) is 4.00. The number of nitrogens with zero attached hydrogens (tertiary/aromatic N) is 1. The van der Waals surface area contributed by atoms with Gasteiger partial charge in [0.1, 0.15) is 6.10 Å². The third kappa shape index (κ3) is 6.32. The molecular weight excluding hydrogens is 426 g/mol. The van der Waals surface area contributed by atoms with Crippen molar-refractivity contribution in [3.8, 4) is 0 Å². The molecule has 1 fully saturated rings. The van der Waals surface area contributed by atoms with E-state index in [4.69, 9.17) is 18.9 Å². The Morgan fingerprint density at radius 2 is 1.48 bits per heavy atom. The smallest absolute Gasteiger partial charge is 0.410 e. The summed E-state index contributed by atoms with van der Waals surface area (Å²) in [4.78, 5) is 38.3. The van der Waals surface area contributed by atoms with E-state index in [2.05, 4.69) is 0 Å². The number of likely N-dealkylation sites (tertiary alicyclic amines) is 1. The Morgan fingerprint density at radius 3 is 2.06 bits per heavy atom. The third-order valence-electron chi connectivity index (χ3n) is 5.26. The van der Waals surface area contributed by atoms with Gasteiger partial charge in [0.15, 0.2) is 12.2 Å². The lowest BCUT2D eigenvalue weighted by atomic mass is 9.88. The van der Waals surface area contributed by atoms with Crippen LogP contribution in [-0.2, 0) is 35.1 Å². The molecule has 0 saturated carbocycles. The van der Waals surface area contributed by atoms with E-state index < -0.39 is 42.4 Å². The summed E-state index contributed by atoms with van der Waals surface area (Å²) >= 11 is 0. The number of carbonyl (C=O) groups is 3. The van der Waals surface area contributed by atoms with Gasteiger partial charge in [-0.2, -0.15) is 0 Å². The second-order valence-corrected chi connectivity index (χ2v) is 7.69. The van der Waals surface area contributed by atoms with Crippen molar-refractivity contribution in [1.29, 1.82) is 0 Å². The topological polar surface area (TPSA) is 91.4 Å². The van der Waals surface area contributed by atoms with Gasteiger partial charge >= 0.3 is 18.0 Å². The molecule has 1 saturated heterocycles. The third-order valence-corrected chi connectivity index (χ3v) is 5.26. The van der Waals surface area contributed by atoms with Crippen LogP contribution in [-0.4, -0.2) is 54.4 Å². The number of ether oxygens (including phenoxy) is 4. The number of hydrogen-bond donors (Lipinski definition) is 0. The van der Waals surface area contributed by atoms with Gasteiger partial charge in [-0.15, -0.1) is 0 Å². The second-order valence-electron chi connectivity index (χ2n) is 7.69. The van der Waals surface area contributed by atoms with Gasteiger partial charge in [0.05, 0.1) is 25.8 Å². The van der Waals surface area contributed by atoms with Crippen molar-refractivity contribution < 1.29 is 33.3 Å². The van der Waals surface area contributed by atoms with E-state index in [0.29, 0.717) is 0 Å². The molecule has 1 heterocycles. The van der Waals surface area contributed by atoms with Crippen LogP contribution >= 0.6 is 0 Å². The summed E-state index contributed by atoms with van der Waals surface area (Å²) in [5.41, 5.74) is 1.69. The highest BCUT2D eigenvalue weighted by atomic mass is 16.6. The summed E-state index contributed by atoms with van der Waals surface area (Å²) in [5, 5.41) is 0. The summed E-state index contributed by atoms with van der Waals surface area (Å²) in [5.74, 6) is -1.09. The zero-order valence-corrected chi connectivity index (χ0v) is 19.0. The summed E-state index contributed by atoms with van der Waals surface area (Å²) in [6, 6.07) is 18.2. The van der Waals surface area contributed by atoms with E-state index in [0.717, 1.165) is 11.1 Å². The molecule has 0 unspecified atom stereocenters. The average molecular weight is 456 g/mol. The minimum absolute atomic E-state index is 0.0128. The highest BCUT2D eigenvalue weighted by molar-refractivity contribution is 5.70. The molecule has 8 nitrogen and oxygen atoms in total. The zero-order chi connectivity index (χ0) is 23.8. The summed E-state index contributed by atoms with van der Waals surface area (Å²) in [6.45, 7) is 4.64. The molecule has 4 atom stereocenters. The number of piperidine rings is 1. The van der Waals surface area contributed by atoms with Gasteiger partial charge < -0.3 is 18.9 Å². The van der Waals surface area contributed by atoms with E-state index >= 15 is 0 Å². The lowest BCUT2D eigenvalue weighted by Crippen LogP contribution is -2.61. The second kappa shape index (κ2) is 11.5. The Labute approximate surface area is 193 Å². The maximum Gasteiger partial charge on any atom is 0.410 e. The van der Waals surface area contributed by atoms with Crippen molar-refractivity contribution in [1.82, 2.24) is 4.90 Å². The molecule has 1 aliphatic heterocycles. The predicted octanol–water partition coefficient (Wildman–Crippen LogP) is 3.65. The van der Waals surface area contributed by atoms with Crippen molar-refractivity contribution in [2.45, 2.75) is 51.7 Å². The number of amides is 1. The molecule has 1 amide bonds. The van der Waals surface area contributed by atoms with Crippen LogP contribution in [0.1, 0.15) is 37.9 Å². The first-order valence-electron chi connectivity index (χ1n) is 10.9. The molecule has 0 N–H and O–H groups in total. The van der Waals surface area contributed by atoms with Crippen LogP contribution in [0.2, 0.25) is 0 Å². The van der Waals surface area contributed by atoms with Gasteiger partial charge in [-0.3, -0.25) is 14.5 Å². The fourth-order valence-corrected chi connectivity index (χ4v) is 4.00. The summed E-state index contributed by atoms with van der Waals surface area (Å²) in [7, 11) is 0. The SMILES string of the molecule is CCOC(=O)N1C[C@H](OC(C)=O)[C@H](OC(C)=O)[C@H](OCc2ccccc2)[C@H]1c1ccccc1. The van der Waals surface area contributed by atoms with Crippen LogP contribution in [0.5, 0.6) is 0 Å². The van der Waals surface area contributed by atoms with E-state index in [-0.39, 0.29) is 19.8 Å². The van der Waals surface area contributed by atoms with Crippen molar-refractivity contribution in [3.63, 3.8) is 0 Å². The molecule has 0 bridgehead atoms. The summed E-state index contributed by atoms with van der Waals surface area (Å²) < 4.78 is 22.7. The lowest BCUT2D eigenvalue weighted by Gasteiger charge is -2.47. The predicted molar refractivity (Wildman–Crippen MR) is 119 cm³/mol. The monoisotopic (exact) mass is 455 g/mol. The Bertz CT molecular complexity index is 934. The molecule has 0 radical (unpaired) electrons. The summed E-state index contributed by atoms with van der Waals surface area (Å²) in [6.07, 6.45) is -3.24. The maximum atomic E-state index is 13.0. The minimum atomic E-state index is -0.925. The molecule has 176 valence electrons. The molecule has 33 heavy (non-hydrogen) atoms. The molecule has 2 aromatic rings. The normalized spacial score (nSPS) is 22.3. The Kier molecular flexibility index (Phi) is 8.43. The fraction of sp³-hybridized carbons (Fsp3) is 0.400. The van der Waals surface area contributed by atoms with Crippen molar-refractivity contribution in [2.75, 3.05) is 13.2 Å². The minimum Gasteiger partial charge on any atom is -0.457 e. The quantitative estimate of drug-likeness (QED) is 0.465. The Hall–Kier alpha value is -3.39. The first-order chi connectivity index (χ1) is 15.9. The van der Waals surface area contributed by atoms with Crippen molar-refractivity contribution in [3.05, 3.63) is 71.8 Å². The van der Waals surface area contributed by atoms with Gasteiger partial charge in [0.2, 0.25) is 0 Å². The van der Waals surface area contributed by atoms with Crippen LogP contribution in [0.25, 0.3) is 0 Å². The molecule has 0 aromatic heterocycles. The molecule has 0 spiro atoms. The van der Waals surface area contributed by atoms with Gasteiger partial charge in [-0.1, -0.05) is 60.7 Å². The largest absolute Gasteiger partial charge is 0.457 e. The lowest BCUT2D eigenvalue weighted by molar-refractivity contribution is -0.201. The van der Waals surface area contributed by atoms with Crippen LogP contribution in [0, 0.1) is 0 Å². The van der Waals surface area contributed by atoms with Crippen molar-refractivity contribution >= 4 is 18.0 Å². The Morgan fingerprint density at radius 1 is 0.879 bits per heavy atom. The van der Waals surface area contributed by atoms with E-state index in [1.165, 1.54) is 18.7 Å². The zero-order valence-electron chi connectivity index (χ0n) is 19.0. The van der Waals surface area contributed by atoms with Crippen LogP contribution in [0.3, 0.4) is 0 Å². The molecule has 2 aromatic carbocycles. The van der Waals surface area contributed by atoms with Gasteiger partial charge in [0.25, 0.3) is 0 Å². The van der Waals surface area contributed by atoms with Crippen LogP contribution in [0.15, 0.2) is 60.7 Å². The average Bonchev–Trinajstić information content (AvgIpc) is 2.79. The van der Waals surface area contributed by atoms with Gasteiger partial charge in [0, 0.05) is 13.8 Å². The maximum absolute atomic E-state index is 13.0. The highest BCUT2D eigenvalue weighted by Gasteiger charge is 2.50. The first kappa shape index (κ1) is 24.3. The first-order valence-corrected chi connectivity index (χ1v) is 10.9. The van der Waals surface area contributed by atoms with Crippen LogP contribution in [0.4, 0.5) is 4.79 Å². The standard InChI is InChI=1S/C25H29NO7/c1-4-30-25(29)26-15-21(32-17(2)27)23(33-18(3)28)24(22(26)20-13-9-6-10-14-20)31-16-19-11-7-5-8-12-19/h5-14,21-24H,4,15-16H2,1-3H3/t21-,22+,23-,24+/m0/s1. The molecular formula is C25H29NO7. The van der Waals surface area contributed by atoms with Crippen LogP contribution < -0.4 is 0 Å². The molecule has 0 aliphatic carbocycles. The van der Waals surface area contributed by atoms with Gasteiger partial charge in [-0.05, 0) is 18.1 Å². The highest BCUT2D eigenvalue weighted by Crippen LogP contribution is 2.37. The number of benzene rings is 2. The number of carbonyl (C=O) groups excluding carboxylic acids is 3. The Balaban J connectivity index is 2.05. The molecule has 3 rings (SSSR count). The van der Waals surface area contributed by atoms with Crippen molar-refractivity contribution in [2.24, 2.45) is 0 Å². The molecule has 8 heteroatoms. The number of esters is 2. The van der Waals surface area contributed by atoms with E-state index in [1.54, 1.807) is 6.92 Å². The number of rotatable bonds is 7. The van der Waals surface area contributed by atoms with E-state index in [9.17, 15) is 14.4 Å². The molecule has 1 aliphatic rings. The van der Waals surface area contributed by atoms with Gasteiger partial charge in [-0.25, -0.2) is 4.79 Å². The van der Waals surface area contributed by atoms with E-state index in [1.807, 2.05) is 60.7 Å².